The molecule has 3 rings (SSSR count). The van der Waals surface area contributed by atoms with E-state index in [-0.39, 0.29) is 5.75 Å². The van der Waals surface area contributed by atoms with Crippen molar-refractivity contribution in [1.29, 1.82) is 0 Å². The SMILES string of the molecule is Fc1ccc(OCCn2ccc3ccccc32)c(F)c1. The highest BCUT2D eigenvalue weighted by molar-refractivity contribution is 5.79. The fraction of sp³-hybridized carbons (Fsp3) is 0.125. The van der Waals surface area contributed by atoms with Crippen LogP contribution in [0, 0.1) is 11.6 Å². The number of benzene rings is 2. The molecule has 2 aromatic carbocycles. The third-order valence-corrected chi connectivity index (χ3v) is 3.16. The average molecular weight is 273 g/mol. The van der Waals surface area contributed by atoms with E-state index in [9.17, 15) is 8.78 Å². The Morgan fingerprint density at radius 2 is 1.85 bits per heavy atom. The number of rotatable bonds is 4. The Balaban J connectivity index is 1.68. The monoisotopic (exact) mass is 273 g/mol. The van der Waals surface area contributed by atoms with E-state index in [2.05, 4.69) is 0 Å². The van der Waals surface area contributed by atoms with Gasteiger partial charge < -0.3 is 9.30 Å². The summed E-state index contributed by atoms with van der Waals surface area (Å²) in [7, 11) is 0. The van der Waals surface area contributed by atoms with Crippen LogP contribution in [0.25, 0.3) is 10.9 Å². The van der Waals surface area contributed by atoms with Crippen molar-refractivity contribution in [3.63, 3.8) is 0 Å². The van der Waals surface area contributed by atoms with Crippen molar-refractivity contribution in [3.05, 3.63) is 66.4 Å². The molecule has 0 amide bonds. The van der Waals surface area contributed by atoms with Crippen molar-refractivity contribution < 1.29 is 13.5 Å². The summed E-state index contributed by atoms with van der Waals surface area (Å²) in [6.45, 7) is 0.922. The van der Waals surface area contributed by atoms with Crippen LogP contribution in [-0.4, -0.2) is 11.2 Å². The van der Waals surface area contributed by atoms with E-state index in [1.807, 2.05) is 41.1 Å². The van der Waals surface area contributed by atoms with Gasteiger partial charge in [0.2, 0.25) is 0 Å². The number of nitrogens with zero attached hydrogens (tertiary/aromatic N) is 1. The van der Waals surface area contributed by atoms with Gasteiger partial charge >= 0.3 is 0 Å². The second-order valence-corrected chi connectivity index (χ2v) is 4.49. The highest BCUT2D eigenvalue weighted by Gasteiger charge is 2.05. The first-order chi connectivity index (χ1) is 9.74. The smallest absolute Gasteiger partial charge is 0.167 e. The maximum atomic E-state index is 13.4. The van der Waals surface area contributed by atoms with Gasteiger partial charge in [-0.25, -0.2) is 8.78 Å². The van der Waals surface area contributed by atoms with E-state index in [0.717, 1.165) is 17.0 Å². The molecular weight excluding hydrogens is 260 g/mol. The zero-order valence-corrected chi connectivity index (χ0v) is 10.7. The summed E-state index contributed by atoms with van der Waals surface area (Å²) in [4.78, 5) is 0. The number of ether oxygens (including phenoxy) is 1. The minimum Gasteiger partial charge on any atom is -0.489 e. The normalized spacial score (nSPS) is 10.9. The molecule has 1 heterocycles. The van der Waals surface area contributed by atoms with E-state index >= 15 is 0 Å². The standard InChI is InChI=1S/C16H13F2NO/c17-13-5-6-16(14(18)11-13)20-10-9-19-8-7-12-3-1-2-4-15(12)19/h1-8,11H,9-10H2. The van der Waals surface area contributed by atoms with Gasteiger partial charge in [0.05, 0.1) is 6.54 Å². The van der Waals surface area contributed by atoms with Gasteiger partial charge in [-0.2, -0.15) is 0 Å². The lowest BCUT2D eigenvalue weighted by atomic mass is 10.2. The van der Waals surface area contributed by atoms with Crippen LogP contribution in [-0.2, 0) is 6.54 Å². The molecule has 20 heavy (non-hydrogen) atoms. The Labute approximate surface area is 115 Å². The maximum Gasteiger partial charge on any atom is 0.167 e. The molecule has 0 spiro atoms. The molecule has 3 aromatic rings. The van der Waals surface area contributed by atoms with Crippen molar-refractivity contribution >= 4 is 10.9 Å². The van der Waals surface area contributed by atoms with Crippen LogP contribution >= 0.6 is 0 Å². The molecule has 0 atom stereocenters. The van der Waals surface area contributed by atoms with E-state index in [1.54, 1.807) is 0 Å². The summed E-state index contributed by atoms with van der Waals surface area (Å²) < 4.78 is 33.6. The Morgan fingerprint density at radius 3 is 2.70 bits per heavy atom. The quantitative estimate of drug-likeness (QED) is 0.701. The van der Waals surface area contributed by atoms with Crippen LogP contribution in [0.15, 0.2) is 54.7 Å². The molecule has 0 aliphatic rings. The lowest BCUT2D eigenvalue weighted by molar-refractivity contribution is 0.285. The topological polar surface area (TPSA) is 14.2 Å². The number of halogens is 2. The molecule has 0 radical (unpaired) electrons. The van der Waals surface area contributed by atoms with Crippen molar-refractivity contribution in [2.75, 3.05) is 6.61 Å². The van der Waals surface area contributed by atoms with Crippen LogP contribution in [0.4, 0.5) is 8.78 Å². The third kappa shape index (κ3) is 2.50. The van der Waals surface area contributed by atoms with Gasteiger partial charge in [-0.15, -0.1) is 0 Å². The first-order valence-corrected chi connectivity index (χ1v) is 6.36. The number of fused-ring (bicyclic) bond motifs is 1. The van der Waals surface area contributed by atoms with E-state index < -0.39 is 11.6 Å². The zero-order chi connectivity index (χ0) is 13.9. The summed E-state index contributed by atoms with van der Waals surface area (Å²) >= 11 is 0. The molecular formula is C16H13F2NO. The summed E-state index contributed by atoms with van der Waals surface area (Å²) in [6, 6.07) is 13.3. The third-order valence-electron chi connectivity index (χ3n) is 3.16. The van der Waals surface area contributed by atoms with Crippen molar-refractivity contribution in [1.82, 2.24) is 4.57 Å². The molecule has 1 aromatic heterocycles. The highest BCUT2D eigenvalue weighted by Crippen LogP contribution is 2.18. The Hall–Kier alpha value is -2.36. The molecule has 0 fully saturated rings. The van der Waals surface area contributed by atoms with Crippen molar-refractivity contribution in [2.45, 2.75) is 6.54 Å². The van der Waals surface area contributed by atoms with Gasteiger partial charge in [-0.3, -0.25) is 0 Å². The second-order valence-electron chi connectivity index (χ2n) is 4.49. The van der Waals surface area contributed by atoms with E-state index in [0.29, 0.717) is 13.2 Å². The Bertz CT molecular complexity index is 736. The summed E-state index contributed by atoms with van der Waals surface area (Å²) in [5, 5.41) is 1.15. The Morgan fingerprint density at radius 1 is 1.00 bits per heavy atom. The highest BCUT2D eigenvalue weighted by atomic mass is 19.1. The molecule has 4 heteroatoms. The molecule has 0 N–H and O–H groups in total. The van der Waals surface area contributed by atoms with E-state index in [4.69, 9.17) is 4.74 Å². The fourth-order valence-corrected chi connectivity index (χ4v) is 2.18. The predicted octanol–water partition coefficient (Wildman–Crippen LogP) is 4.00. The molecule has 2 nitrogen and oxygen atoms in total. The van der Waals surface area contributed by atoms with Crippen LogP contribution in [0.1, 0.15) is 0 Å². The molecule has 0 saturated heterocycles. The Kier molecular flexibility index (Phi) is 3.37. The molecule has 0 bridgehead atoms. The first kappa shape index (κ1) is 12.7. The minimum absolute atomic E-state index is 0.0721. The summed E-state index contributed by atoms with van der Waals surface area (Å²) in [5.74, 6) is -1.21. The lowest BCUT2D eigenvalue weighted by Gasteiger charge is -2.09. The molecule has 0 aliphatic carbocycles. The summed E-state index contributed by atoms with van der Waals surface area (Å²) in [6.07, 6.45) is 1.97. The average Bonchev–Trinajstić information content (AvgIpc) is 2.85. The number of hydrogen-bond donors (Lipinski definition) is 0. The van der Waals surface area contributed by atoms with Crippen LogP contribution in [0.3, 0.4) is 0 Å². The summed E-state index contributed by atoms with van der Waals surface area (Å²) in [5.41, 5.74) is 1.11. The maximum absolute atomic E-state index is 13.4. The van der Waals surface area contributed by atoms with Crippen LogP contribution in [0.2, 0.25) is 0 Å². The van der Waals surface area contributed by atoms with Gasteiger partial charge in [-0.05, 0) is 29.7 Å². The number of para-hydroxylation sites is 1. The van der Waals surface area contributed by atoms with Crippen molar-refractivity contribution in [2.24, 2.45) is 0 Å². The van der Waals surface area contributed by atoms with Gasteiger partial charge in [-0.1, -0.05) is 18.2 Å². The van der Waals surface area contributed by atoms with Crippen LogP contribution in [0.5, 0.6) is 5.75 Å². The second kappa shape index (κ2) is 5.33. The molecule has 0 unspecified atom stereocenters. The van der Waals surface area contributed by atoms with Gasteiger partial charge in [0, 0.05) is 17.8 Å². The van der Waals surface area contributed by atoms with Gasteiger partial charge in [0.15, 0.2) is 11.6 Å². The number of aromatic nitrogens is 1. The fourth-order valence-electron chi connectivity index (χ4n) is 2.18. The molecule has 0 saturated carbocycles. The largest absolute Gasteiger partial charge is 0.489 e. The van der Waals surface area contributed by atoms with E-state index in [1.165, 1.54) is 12.1 Å². The van der Waals surface area contributed by atoms with Crippen molar-refractivity contribution in [3.8, 4) is 5.75 Å². The van der Waals surface area contributed by atoms with Gasteiger partial charge in [0.25, 0.3) is 0 Å². The predicted molar refractivity (Wildman–Crippen MR) is 73.8 cm³/mol. The zero-order valence-electron chi connectivity index (χ0n) is 10.7. The van der Waals surface area contributed by atoms with Crippen LogP contribution < -0.4 is 4.74 Å². The molecule has 0 aliphatic heterocycles. The number of hydrogen-bond acceptors (Lipinski definition) is 1. The first-order valence-electron chi connectivity index (χ1n) is 6.36. The minimum atomic E-state index is -0.678. The van der Waals surface area contributed by atoms with Gasteiger partial charge in [0.1, 0.15) is 12.4 Å². The molecule has 102 valence electrons. The lowest BCUT2D eigenvalue weighted by Crippen LogP contribution is -2.08.